The molecule has 1 aromatic rings. The highest BCUT2D eigenvalue weighted by Crippen LogP contribution is 2.25. The molecule has 0 amide bonds. The van der Waals surface area contributed by atoms with Crippen molar-refractivity contribution < 1.29 is 19.4 Å². The van der Waals surface area contributed by atoms with Crippen molar-refractivity contribution in [3.63, 3.8) is 0 Å². The standard InChI is InChI=1S/C9H9ClO4/c1-13-5-14-8-3-2-6(9(11)12)4-7(8)10/h2-4H,5H2,1H3,(H,11,12). The van der Waals surface area contributed by atoms with Gasteiger partial charge in [0.05, 0.1) is 10.6 Å². The van der Waals surface area contributed by atoms with Gasteiger partial charge in [-0.05, 0) is 18.2 Å². The zero-order valence-electron chi connectivity index (χ0n) is 7.49. The second-order valence-electron chi connectivity index (χ2n) is 2.50. The Labute approximate surface area is 86.0 Å². The van der Waals surface area contributed by atoms with Crippen LogP contribution in [-0.2, 0) is 4.74 Å². The summed E-state index contributed by atoms with van der Waals surface area (Å²) in [4.78, 5) is 10.6. The fourth-order valence-corrected chi connectivity index (χ4v) is 1.11. The lowest BCUT2D eigenvalue weighted by molar-refractivity contribution is 0.0512. The monoisotopic (exact) mass is 216 g/mol. The van der Waals surface area contributed by atoms with E-state index in [1.165, 1.54) is 25.3 Å². The molecule has 0 atom stereocenters. The van der Waals surface area contributed by atoms with Crippen LogP contribution in [0.3, 0.4) is 0 Å². The number of halogens is 1. The van der Waals surface area contributed by atoms with E-state index in [4.69, 9.17) is 21.4 Å². The van der Waals surface area contributed by atoms with Crippen molar-refractivity contribution in [1.82, 2.24) is 0 Å². The van der Waals surface area contributed by atoms with Crippen LogP contribution in [0.1, 0.15) is 10.4 Å². The molecule has 0 saturated heterocycles. The minimum atomic E-state index is -1.02. The Morgan fingerprint density at radius 3 is 2.79 bits per heavy atom. The number of carboxylic acid groups (broad SMARTS) is 1. The van der Waals surface area contributed by atoms with E-state index in [9.17, 15) is 4.79 Å². The summed E-state index contributed by atoms with van der Waals surface area (Å²) in [7, 11) is 1.49. The largest absolute Gasteiger partial charge is 0.478 e. The van der Waals surface area contributed by atoms with Gasteiger partial charge in [0.1, 0.15) is 5.75 Å². The average molecular weight is 217 g/mol. The number of hydrogen-bond acceptors (Lipinski definition) is 3. The van der Waals surface area contributed by atoms with E-state index < -0.39 is 5.97 Å². The van der Waals surface area contributed by atoms with Crippen LogP contribution in [0.25, 0.3) is 0 Å². The van der Waals surface area contributed by atoms with Gasteiger partial charge in [-0.15, -0.1) is 0 Å². The van der Waals surface area contributed by atoms with Crippen molar-refractivity contribution in [3.8, 4) is 5.75 Å². The second-order valence-corrected chi connectivity index (χ2v) is 2.91. The lowest BCUT2D eigenvalue weighted by Crippen LogP contribution is -2.01. The summed E-state index contributed by atoms with van der Waals surface area (Å²) in [6.07, 6.45) is 0. The van der Waals surface area contributed by atoms with Gasteiger partial charge in [-0.25, -0.2) is 4.79 Å². The summed E-state index contributed by atoms with van der Waals surface area (Å²) in [5, 5.41) is 8.90. The van der Waals surface area contributed by atoms with Gasteiger partial charge in [-0.3, -0.25) is 0 Å². The van der Waals surface area contributed by atoms with E-state index in [-0.39, 0.29) is 17.4 Å². The van der Waals surface area contributed by atoms with Crippen molar-refractivity contribution in [3.05, 3.63) is 28.8 Å². The Bertz CT molecular complexity index is 338. The minimum Gasteiger partial charge on any atom is -0.478 e. The van der Waals surface area contributed by atoms with E-state index >= 15 is 0 Å². The molecule has 0 aliphatic carbocycles. The summed E-state index contributed by atoms with van der Waals surface area (Å²) in [6, 6.07) is 4.24. The van der Waals surface area contributed by atoms with Crippen LogP contribution < -0.4 is 4.74 Å². The van der Waals surface area contributed by atoms with Crippen LogP contribution in [-0.4, -0.2) is 25.0 Å². The summed E-state index contributed by atoms with van der Waals surface area (Å²) >= 11 is 5.77. The number of ether oxygens (including phenoxy) is 2. The lowest BCUT2D eigenvalue weighted by atomic mass is 10.2. The first-order valence-electron chi connectivity index (χ1n) is 3.79. The Morgan fingerprint density at radius 2 is 2.29 bits per heavy atom. The molecule has 76 valence electrons. The number of rotatable bonds is 4. The molecule has 1 aromatic carbocycles. The molecule has 0 heterocycles. The number of carboxylic acids is 1. The molecule has 1 N–H and O–H groups in total. The number of methoxy groups -OCH3 is 1. The van der Waals surface area contributed by atoms with Gasteiger partial charge in [0.15, 0.2) is 6.79 Å². The summed E-state index contributed by atoms with van der Waals surface area (Å²) < 4.78 is 9.75. The number of benzene rings is 1. The maximum Gasteiger partial charge on any atom is 0.335 e. The van der Waals surface area contributed by atoms with Crippen LogP contribution in [0.2, 0.25) is 5.02 Å². The fraction of sp³-hybridized carbons (Fsp3) is 0.222. The molecular formula is C9H9ClO4. The van der Waals surface area contributed by atoms with Gasteiger partial charge in [-0.2, -0.15) is 0 Å². The van der Waals surface area contributed by atoms with E-state index in [0.717, 1.165) is 0 Å². The predicted octanol–water partition coefficient (Wildman–Crippen LogP) is 2.02. The highest BCUT2D eigenvalue weighted by atomic mass is 35.5. The van der Waals surface area contributed by atoms with E-state index in [2.05, 4.69) is 4.74 Å². The third kappa shape index (κ3) is 2.61. The quantitative estimate of drug-likeness (QED) is 0.783. The van der Waals surface area contributed by atoms with Gasteiger partial charge in [0.25, 0.3) is 0 Å². The predicted molar refractivity (Wildman–Crippen MR) is 50.9 cm³/mol. The Hall–Kier alpha value is -1.26. The zero-order chi connectivity index (χ0) is 10.6. The maximum atomic E-state index is 10.6. The molecule has 5 heteroatoms. The molecule has 0 spiro atoms. The molecule has 0 aromatic heterocycles. The van der Waals surface area contributed by atoms with Crippen LogP contribution in [0, 0.1) is 0 Å². The minimum absolute atomic E-state index is 0.0755. The van der Waals surface area contributed by atoms with Crippen molar-refractivity contribution in [2.24, 2.45) is 0 Å². The second kappa shape index (κ2) is 4.83. The highest BCUT2D eigenvalue weighted by molar-refractivity contribution is 6.32. The normalized spacial score (nSPS) is 9.86. The van der Waals surface area contributed by atoms with Gasteiger partial charge in [0.2, 0.25) is 0 Å². The molecule has 0 aliphatic heterocycles. The fourth-order valence-electron chi connectivity index (χ4n) is 0.873. The summed E-state index contributed by atoms with van der Waals surface area (Å²) in [5.41, 5.74) is 0.125. The maximum absolute atomic E-state index is 10.6. The first-order chi connectivity index (χ1) is 6.65. The number of carbonyl (C=O) groups is 1. The first kappa shape index (κ1) is 10.8. The van der Waals surface area contributed by atoms with E-state index in [0.29, 0.717) is 5.75 Å². The summed E-state index contributed by atoms with van der Waals surface area (Å²) in [5.74, 6) is -0.622. The Morgan fingerprint density at radius 1 is 1.57 bits per heavy atom. The average Bonchev–Trinajstić information content (AvgIpc) is 2.15. The molecular weight excluding hydrogens is 208 g/mol. The van der Waals surface area contributed by atoms with Crippen LogP contribution in [0.15, 0.2) is 18.2 Å². The zero-order valence-corrected chi connectivity index (χ0v) is 8.25. The van der Waals surface area contributed by atoms with Crippen molar-refractivity contribution in [2.45, 2.75) is 0 Å². The molecule has 4 nitrogen and oxygen atoms in total. The van der Waals surface area contributed by atoms with Crippen LogP contribution in [0.5, 0.6) is 5.75 Å². The lowest BCUT2D eigenvalue weighted by Gasteiger charge is -2.06. The molecule has 0 bridgehead atoms. The third-order valence-electron chi connectivity index (χ3n) is 1.51. The van der Waals surface area contributed by atoms with E-state index in [1.807, 2.05) is 0 Å². The van der Waals surface area contributed by atoms with Crippen molar-refractivity contribution >= 4 is 17.6 Å². The molecule has 1 rings (SSSR count). The highest BCUT2D eigenvalue weighted by Gasteiger charge is 2.07. The molecule has 0 aliphatic rings. The van der Waals surface area contributed by atoms with Gasteiger partial charge < -0.3 is 14.6 Å². The van der Waals surface area contributed by atoms with Crippen molar-refractivity contribution in [1.29, 1.82) is 0 Å². The van der Waals surface area contributed by atoms with Gasteiger partial charge in [-0.1, -0.05) is 11.6 Å². The first-order valence-corrected chi connectivity index (χ1v) is 4.17. The molecule has 0 unspecified atom stereocenters. The molecule has 0 fully saturated rings. The van der Waals surface area contributed by atoms with Crippen molar-refractivity contribution in [2.75, 3.05) is 13.9 Å². The Balaban J connectivity index is 2.84. The van der Waals surface area contributed by atoms with Gasteiger partial charge >= 0.3 is 5.97 Å². The topological polar surface area (TPSA) is 55.8 Å². The molecule has 0 radical (unpaired) electrons. The smallest absolute Gasteiger partial charge is 0.335 e. The Kier molecular flexibility index (Phi) is 3.73. The number of aromatic carboxylic acids is 1. The number of hydrogen-bond donors (Lipinski definition) is 1. The SMILES string of the molecule is COCOc1ccc(C(=O)O)cc1Cl. The molecule has 14 heavy (non-hydrogen) atoms. The third-order valence-corrected chi connectivity index (χ3v) is 1.81. The van der Waals surface area contributed by atoms with Crippen LogP contribution >= 0.6 is 11.6 Å². The van der Waals surface area contributed by atoms with Gasteiger partial charge in [0, 0.05) is 7.11 Å². The van der Waals surface area contributed by atoms with E-state index in [1.54, 1.807) is 0 Å². The van der Waals surface area contributed by atoms with Crippen LogP contribution in [0.4, 0.5) is 0 Å². The molecule has 0 saturated carbocycles. The summed E-state index contributed by atoms with van der Waals surface area (Å²) in [6.45, 7) is 0.0755.